The van der Waals surface area contributed by atoms with E-state index in [1.54, 1.807) is 27.7 Å². The highest BCUT2D eigenvalue weighted by Crippen LogP contribution is 2.26. The second-order valence-corrected chi connectivity index (χ2v) is 6.69. The molecule has 2 rings (SSSR count). The lowest BCUT2D eigenvalue weighted by Gasteiger charge is -2.12. The number of hydrogen-bond donors (Lipinski definition) is 2. The number of aryl methyl sites for hydroxylation is 4. The van der Waals surface area contributed by atoms with Crippen molar-refractivity contribution >= 4 is 21.7 Å². The van der Waals surface area contributed by atoms with Crippen molar-refractivity contribution < 1.29 is 22.8 Å². The average Bonchev–Trinajstić information content (AvgIpc) is 2.69. The summed E-state index contributed by atoms with van der Waals surface area (Å²) in [6, 6.07) is 2.69. The third-order valence-electron chi connectivity index (χ3n) is 3.31. The monoisotopic (exact) mass is 324 g/mol. The van der Waals surface area contributed by atoms with Crippen molar-refractivity contribution in [2.45, 2.75) is 32.6 Å². The van der Waals surface area contributed by atoms with Gasteiger partial charge in [-0.25, -0.2) is 13.2 Å². The van der Waals surface area contributed by atoms with E-state index in [4.69, 9.17) is 9.63 Å². The van der Waals surface area contributed by atoms with Gasteiger partial charge in [0.15, 0.2) is 5.76 Å². The summed E-state index contributed by atoms with van der Waals surface area (Å²) in [6.07, 6.45) is 0. The molecular weight excluding hydrogens is 308 g/mol. The molecule has 1 heterocycles. The summed E-state index contributed by atoms with van der Waals surface area (Å²) in [5.41, 5.74) is 1.58. The lowest BCUT2D eigenvalue weighted by molar-refractivity contribution is 0.0696. The van der Waals surface area contributed by atoms with Gasteiger partial charge in [-0.3, -0.25) is 4.72 Å². The fourth-order valence-corrected chi connectivity index (χ4v) is 3.60. The van der Waals surface area contributed by atoms with E-state index < -0.39 is 16.0 Å². The number of anilines is 1. The van der Waals surface area contributed by atoms with Crippen LogP contribution < -0.4 is 4.72 Å². The van der Waals surface area contributed by atoms with E-state index in [2.05, 4.69) is 9.88 Å². The number of carbonyl (C=O) groups is 1. The Balaban J connectivity index is 2.55. The normalized spacial score (nSPS) is 11.5. The van der Waals surface area contributed by atoms with Crippen LogP contribution in [0.2, 0.25) is 0 Å². The summed E-state index contributed by atoms with van der Waals surface area (Å²) in [7, 11) is -3.95. The third-order valence-corrected chi connectivity index (χ3v) is 4.80. The quantitative estimate of drug-likeness (QED) is 0.893. The standard InChI is InChI=1S/C14H16N2O5S/c1-7-5-8(2)12(6-11(7)14(17)18)22(19,20)16-13-9(3)15-21-10(13)4/h5-6,16H,1-4H3,(H,17,18). The molecule has 0 aliphatic rings. The Hall–Kier alpha value is -2.35. The highest BCUT2D eigenvalue weighted by molar-refractivity contribution is 7.92. The van der Waals surface area contributed by atoms with Crippen molar-refractivity contribution in [1.29, 1.82) is 0 Å². The summed E-state index contributed by atoms with van der Waals surface area (Å²) < 4.78 is 32.4. The minimum Gasteiger partial charge on any atom is -0.478 e. The fourth-order valence-electron chi connectivity index (χ4n) is 2.17. The van der Waals surface area contributed by atoms with Crippen molar-refractivity contribution in [2.75, 3.05) is 4.72 Å². The lowest BCUT2D eigenvalue weighted by Crippen LogP contribution is -2.16. The van der Waals surface area contributed by atoms with E-state index in [9.17, 15) is 13.2 Å². The maximum absolute atomic E-state index is 12.5. The van der Waals surface area contributed by atoms with E-state index >= 15 is 0 Å². The van der Waals surface area contributed by atoms with Crippen LogP contribution in [-0.2, 0) is 10.0 Å². The molecule has 1 aromatic carbocycles. The van der Waals surface area contributed by atoms with Crippen LogP contribution in [0, 0.1) is 27.7 Å². The molecule has 0 bridgehead atoms. The molecule has 0 atom stereocenters. The third kappa shape index (κ3) is 2.82. The number of benzene rings is 1. The van der Waals surface area contributed by atoms with Gasteiger partial charge in [0.25, 0.3) is 10.0 Å². The Bertz CT molecular complexity index is 833. The molecule has 0 saturated heterocycles. The molecule has 0 amide bonds. The van der Waals surface area contributed by atoms with E-state index in [1.165, 1.54) is 6.07 Å². The van der Waals surface area contributed by atoms with Gasteiger partial charge < -0.3 is 9.63 Å². The van der Waals surface area contributed by atoms with Crippen LogP contribution in [0.4, 0.5) is 5.69 Å². The second-order valence-electron chi connectivity index (χ2n) is 5.04. The van der Waals surface area contributed by atoms with Gasteiger partial charge in [-0.1, -0.05) is 11.2 Å². The molecule has 0 unspecified atom stereocenters. The number of aromatic carboxylic acids is 1. The largest absolute Gasteiger partial charge is 0.478 e. The molecule has 8 heteroatoms. The first-order valence-corrected chi connectivity index (χ1v) is 7.92. The zero-order valence-electron chi connectivity index (χ0n) is 12.6. The van der Waals surface area contributed by atoms with Crippen LogP contribution >= 0.6 is 0 Å². The summed E-state index contributed by atoms with van der Waals surface area (Å²) in [6.45, 7) is 6.43. The van der Waals surface area contributed by atoms with Crippen molar-refractivity contribution in [3.05, 3.63) is 40.3 Å². The second kappa shape index (κ2) is 5.45. The van der Waals surface area contributed by atoms with Gasteiger partial charge in [0.1, 0.15) is 11.4 Å². The average molecular weight is 324 g/mol. The van der Waals surface area contributed by atoms with Crippen molar-refractivity contribution in [2.24, 2.45) is 0 Å². The fraction of sp³-hybridized carbons (Fsp3) is 0.286. The molecule has 2 aromatic rings. The minimum absolute atomic E-state index is 0.0512. The van der Waals surface area contributed by atoms with E-state index in [0.29, 0.717) is 22.6 Å². The Morgan fingerprint density at radius 3 is 2.32 bits per heavy atom. The molecule has 118 valence electrons. The topological polar surface area (TPSA) is 110 Å². The van der Waals surface area contributed by atoms with Crippen LogP contribution in [0.1, 0.15) is 32.9 Å². The van der Waals surface area contributed by atoms with E-state index in [0.717, 1.165) is 6.07 Å². The number of sulfonamides is 1. The van der Waals surface area contributed by atoms with Gasteiger partial charge in [-0.15, -0.1) is 0 Å². The summed E-state index contributed by atoms with van der Waals surface area (Å²) in [4.78, 5) is 11.1. The Labute approximate surface area is 128 Å². The highest BCUT2D eigenvalue weighted by atomic mass is 32.2. The van der Waals surface area contributed by atoms with Crippen LogP contribution in [0.5, 0.6) is 0 Å². The smallest absolute Gasteiger partial charge is 0.335 e. The Morgan fingerprint density at radius 2 is 1.82 bits per heavy atom. The van der Waals surface area contributed by atoms with Crippen LogP contribution in [-0.4, -0.2) is 24.7 Å². The zero-order valence-corrected chi connectivity index (χ0v) is 13.4. The SMILES string of the molecule is Cc1cc(C)c(S(=O)(=O)Nc2c(C)noc2C)cc1C(=O)O. The first kappa shape index (κ1) is 16.0. The molecule has 22 heavy (non-hydrogen) atoms. The number of nitrogens with one attached hydrogen (secondary N) is 1. The van der Waals surface area contributed by atoms with Gasteiger partial charge in [-0.05, 0) is 44.9 Å². The molecular formula is C14H16N2O5S. The number of carboxylic acids is 1. The van der Waals surface area contributed by atoms with Crippen LogP contribution in [0.25, 0.3) is 0 Å². The molecule has 2 N–H and O–H groups in total. The predicted molar refractivity (Wildman–Crippen MR) is 79.7 cm³/mol. The Kier molecular flexibility index (Phi) is 3.97. The number of nitrogens with zero attached hydrogens (tertiary/aromatic N) is 1. The summed E-state index contributed by atoms with van der Waals surface area (Å²) >= 11 is 0. The molecule has 1 aromatic heterocycles. The summed E-state index contributed by atoms with van der Waals surface area (Å²) in [5.74, 6) is -0.837. The van der Waals surface area contributed by atoms with E-state index in [1.807, 2.05) is 0 Å². The van der Waals surface area contributed by atoms with Crippen molar-refractivity contribution in [3.63, 3.8) is 0 Å². The van der Waals surface area contributed by atoms with Gasteiger partial charge in [0.05, 0.1) is 10.5 Å². The molecule has 0 aliphatic heterocycles. The van der Waals surface area contributed by atoms with Crippen LogP contribution in [0.15, 0.2) is 21.6 Å². The summed E-state index contributed by atoms with van der Waals surface area (Å²) in [5, 5.41) is 12.8. The molecule has 0 saturated carbocycles. The number of rotatable bonds is 4. The zero-order chi connectivity index (χ0) is 16.7. The molecule has 0 spiro atoms. The van der Waals surface area contributed by atoms with Crippen LogP contribution in [0.3, 0.4) is 0 Å². The first-order valence-electron chi connectivity index (χ1n) is 6.43. The lowest BCUT2D eigenvalue weighted by atomic mass is 10.1. The minimum atomic E-state index is -3.95. The molecule has 7 nitrogen and oxygen atoms in total. The number of carboxylic acid groups (broad SMARTS) is 1. The van der Waals surface area contributed by atoms with Crippen molar-refractivity contribution in [1.82, 2.24) is 5.16 Å². The first-order chi connectivity index (χ1) is 10.1. The molecule has 0 aliphatic carbocycles. The highest BCUT2D eigenvalue weighted by Gasteiger charge is 2.23. The van der Waals surface area contributed by atoms with Gasteiger partial charge >= 0.3 is 5.97 Å². The molecule has 0 radical (unpaired) electrons. The number of aromatic nitrogens is 1. The van der Waals surface area contributed by atoms with Gasteiger partial charge in [-0.2, -0.15) is 0 Å². The van der Waals surface area contributed by atoms with E-state index in [-0.39, 0.29) is 16.1 Å². The maximum Gasteiger partial charge on any atom is 0.335 e. The predicted octanol–water partition coefficient (Wildman–Crippen LogP) is 2.41. The Morgan fingerprint density at radius 1 is 1.18 bits per heavy atom. The maximum atomic E-state index is 12.5. The van der Waals surface area contributed by atoms with Crippen molar-refractivity contribution in [3.8, 4) is 0 Å². The van der Waals surface area contributed by atoms with Gasteiger partial charge in [0, 0.05) is 0 Å². The van der Waals surface area contributed by atoms with Gasteiger partial charge in [0.2, 0.25) is 0 Å². The molecule has 0 fully saturated rings. The number of hydrogen-bond acceptors (Lipinski definition) is 5.